The van der Waals surface area contributed by atoms with Crippen molar-refractivity contribution in [1.82, 2.24) is 0 Å². The van der Waals surface area contributed by atoms with E-state index in [-0.39, 0.29) is 55.2 Å². The van der Waals surface area contributed by atoms with Crippen molar-refractivity contribution in [2.24, 2.45) is 0 Å². The first kappa shape index (κ1) is 25.4. The van der Waals surface area contributed by atoms with Gasteiger partial charge in [0.1, 0.15) is 0 Å². The summed E-state index contributed by atoms with van der Waals surface area (Å²) in [7, 11) is 0. The van der Waals surface area contributed by atoms with Gasteiger partial charge < -0.3 is 4.74 Å². The Kier molecular flexibility index (Phi) is 6.12. The fourth-order valence-electron chi connectivity index (χ4n) is 4.49. The van der Waals surface area contributed by atoms with Crippen molar-refractivity contribution >= 4 is 81.4 Å². The second kappa shape index (κ2) is 9.39. The van der Waals surface area contributed by atoms with Gasteiger partial charge in [0.2, 0.25) is 0 Å². The first-order valence-electron chi connectivity index (χ1n) is 11.3. The quantitative estimate of drug-likeness (QED) is 0.225. The predicted octanol–water partition coefficient (Wildman–Crippen LogP) is 7.69. The highest BCUT2D eigenvalue weighted by Crippen LogP contribution is 2.44. The molecule has 0 radical (unpaired) electrons. The van der Waals surface area contributed by atoms with Gasteiger partial charge in [-0.2, -0.15) is 0 Å². The number of carbonyl (C=O) groups excluding carboxylic acids is 4. The molecule has 192 valence electrons. The number of rotatable bonds is 4. The lowest BCUT2D eigenvalue weighted by Crippen LogP contribution is -2.30. The fraction of sp³-hybridized carbons (Fsp3) is 0. The van der Waals surface area contributed by atoms with E-state index < -0.39 is 23.6 Å². The van der Waals surface area contributed by atoms with Crippen molar-refractivity contribution in [1.29, 1.82) is 0 Å². The zero-order chi connectivity index (χ0) is 27.6. The minimum Gasteiger partial charge on any atom is -0.453 e. The maximum atomic E-state index is 13.3. The number of amides is 4. The van der Waals surface area contributed by atoms with E-state index in [4.69, 9.17) is 51.1 Å². The molecule has 39 heavy (non-hydrogen) atoms. The van der Waals surface area contributed by atoms with Crippen molar-refractivity contribution in [2.45, 2.75) is 0 Å². The van der Waals surface area contributed by atoms with Gasteiger partial charge in [-0.15, -0.1) is 0 Å². The molecule has 0 fully saturated rings. The number of halogens is 4. The Morgan fingerprint density at radius 2 is 0.769 bits per heavy atom. The van der Waals surface area contributed by atoms with E-state index >= 15 is 0 Å². The van der Waals surface area contributed by atoms with Crippen molar-refractivity contribution < 1.29 is 23.9 Å². The second-order valence-corrected chi connectivity index (χ2v) is 10.3. The lowest BCUT2D eigenvalue weighted by atomic mass is 10.1. The topological polar surface area (TPSA) is 84.0 Å². The zero-order valence-electron chi connectivity index (χ0n) is 19.4. The number of fused-ring (bicyclic) bond motifs is 2. The molecule has 2 aliphatic heterocycles. The lowest BCUT2D eigenvalue weighted by molar-refractivity contribution is 0.0910. The molecule has 2 aliphatic rings. The maximum absolute atomic E-state index is 13.3. The monoisotopic (exact) mass is 596 g/mol. The maximum Gasteiger partial charge on any atom is 0.266 e. The summed E-state index contributed by atoms with van der Waals surface area (Å²) in [6, 6.07) is 17.5. The van der Waals surface area contributed by atoms with Crippen LogP contribution in [0.1, 0.15) is 41.4 Å². The van der Waals surface area contributed by atoms with E-state index in [1.165, 1.54) is 72.8 Å². The van der Waals surface area contributed by atoms with E-state index in [2.05, 4.69) is 0 Å². The summed E-state index contributed by atoms with van der Waals surface area (Å²) in [5.41, 5.74) is 0.727. The molecule has 0 bridgehead atoms. The van der Waals surface area contributed by atoms with Crippen LogP contribution in [0, 0.1) is 0 Å². The van der Waals surface area contributed by atoms with Crippen LogP contribution in [0.25, 0.3) is 0 Å². The lowest BCUT2D eigenvalue weighted by Gasteiger charge is -2.22. The molecular formula is C28H12Cl4N2O5. The minimum atomic E-state index is -0.613. The highest BCUT2D eigenvalue weighted by molar-refractivity contribution is 6.39. The number of ether oxygens (including phenoxy) is 1. The highest BCUT2D eigenvalue weighted by Gasteiger charge is 2.40. The normalized spacial score (nSPS) is 14.3. The summed E-state index contributed by atoms with van der Waals surface area (Å²) < 4.78 is 6.15. The van der Waals surface area contributed by atoms with Crippen molar-refractivity contribution in [2.75, 3.05) is 9.80 Å². The molecule has 6 rings (SSSR count). The summed E-state index contributed by atoms with van der Waals surface area (Å²) >= 11 is 24.6. The minimum absolute atomic E-state index is 0.0554. The first-order valence-corrected chi connectivity index (χ1v) is 12.8. The van der Waals surface area contributed by atoms with Gasteiger partial charge in [-0.25, -0.2) is 9.80 Å². The fourth-order valence-corrected chi connectivity index (χ4v) is 5.16. The van der Waals surface area contributed by atoms with E-state index in [9.17, 15) is 19.2 Å². The molecule has 0 saturated carbocycles. The van der Waals surface area contributed by atoms with Gasteiger partial charge in [0, 0.05) is 20.1 Å². The van der Waals surface area contributed by atoms with Crippen molar-refractivity contribution in [3.63, 3.8) is 0 Å². The van der Waals surface area contributed by atoms with Crippen LogP contribution in [0.5, 0.6) is 11.5 Å². The molecule has 0 unspecified atom stereocenters. The van der Waals surface area contributed by atoms with Crippen LogP contribution in [0.2, 0.25) is 20.1 Å². The van der Waals surface area contributed by atoms with Crippen molar-refractivity contribution in [3.8, 4) is 11.5 Å². The highest BCUT2D eigenvalue weighted by atomic mass is 35.5. The molecule has 0 saturated heterocycles. The third-order valence-corrected chi connectivity index (χ3v) is 7.18. The molecule has 4 aromatic carbocycles. The number of benzene rings is 4. The number of imide groups is 2. The Hall–Kier alpha value is -3.88. The molecule has 0 aromatic heterocycles. The molecule has 0 atom stereocenters. The Morgan fingerprint density at radius 1 is 0.436 bits per heavy atom. The third kappa shape index (κ3) is 4.15. The number of hydrogen-bond acceptors (Lipinski definition) is 5. The van der Waals surface area contributed by atoms with Gasteiger partial charge >= 0.3 is 0 Å². The largest absolute Gasteiger partial charge is 0.453 e. The van der Waals surface area contributed by atoms with Crippen LogP contribution in [0.4, 0.5) is 11.4 Å². The molecule has 0 spiro atoms. The van der Waals surface area contributed by atoms with Crippen LogP contribution in [0.3, 0.4) is 0 Å². The van der Waals surface area contributed by atoms with Gasteiger partial charge in [0.25, 0.3) is 23.6 Å². The van der Waals surface area contributed by atoms with Gasteiger partial charge in [-0.3, -0.25) is 19.2 Å². The van der Waals surface area contributed by atoms with E-state index in [0.717, 1.165) is 9.80 Å². The third-order valence-electron chi connectivity index (χ3n) is 6.24. The Bertz CT molecular complexity index is 1660. The first-order chi connectivity index (χ1) is 18.6. The van der Waals surface area contributed by atoms with Crippen LogP contribution in [0.15, 0.2) is 72.8 Å². The molecule has 7 nitrogen and oxygen atoms in total. The number of anilines is 2. The Morgan fingerprint density at radius 3 is 1.18 bits per heavy atom. The standard InChI is InChI=1S/C28H12Cl4N2O5/c29-13-1-5-17-19(9-13)27(37)33(25(17)35)21-11-15(31)3-7-23(21)39-24-8-4-16(32)12-22(24)34-26(36)18-6-2-14(30)10-20(18)28(34)38/h1-12H. The molecule has 4 aromatic rings. The van der Waals surface area contributed by atoms with Gasteiger partial charge in [0.15, 0.2) is 11.5 Å². The van der Waals surface area contributed by atoms with E-state index in [1.54, 1.807) is 0 Å². The molecule has 2 heterocycles. The van der Waals surface area contributed by atoms with Crippen LogP contribution >= 0.6 is 46.4 Å². The van der Waals surface area contributed by atoms with E-state index in [0.29, 0.717) is 10.0 Å². The molecular weight excluding hydrogens is 586 g/mol. The van der Waals surface area contributed by atoms with Crippen LogP contribution in [-0.2, 0) is 0 Å². The second-order valence-electron chi connectivity index (χ2n) is 8.60. The number of nitrogens with zero attached hydrogens (tertiary/aromatic N) is 2. The summed E-state index contributed by atoms with van der Waals surface area (Å²) in [6.07, 6.45) is 0. The SMILES string of the molecule is O=C1c2ccc(Cl)cc2C(=O)N1c1cc(Cl)ccc1Oc1ccc(Cl)cc1N1C(=O)c2ccc(Cl)cc2C1=O. The van der Waals surface area contributed by atoms with Crippen LogP contribution < -0.4 is 14.5 Å². The smallest absolute Gasteiger partial charge is 0.266 e. The molecule has 0 aliphatic carbocycles. The predicted molar refractivity (Wildman–Crippen MR) is 148 cm³/mol. The van der Waals surface area contributed by atoms with Gasteiger partial charge in [0.05, 0.1) is 33.6 Å². The average molecular weight is 598 g/mol. The van der Waals surface area contributed by atoms with Gasteiger partial charge in [-0.05, 0) is 72.8 Å². The summed E-state index contributed by atoms with van der Waals surface area (Å²) in [4.78, 5) is 54.8. The average Bonchev–Trinajstić information content (AvgIpc) is 3.29. The van der Waals surface area contributed by atoms with E-state index in [1.807, 2.05) is 0 Å². The zero-order valence-corrected chi connectivity index (χ0v) is 22.4. The number of hydrogen-bond donors (Lipinski definition) is 0. The number of carbonyl (C=O) groups is 4. The Balaban J connectivity index is 1.43. The molecule has 4 amide bonds. The van der Waals surface area contributed by atoms with Crippen molar-refractivity contribution in [3.05, 3.63) is 115 Å². The van der Waals surface area contributed by atoms with Gasteiger partial charge in [-0.1, -0.05) is 46.4 Å². The summed E-state index contributed by atoms with van der Waals surface area (Å²) in [5.74, 6) is -2.29. The Labute approximate surface area is 241 Å². The summed E-state index contributed by atoms with van der Waals surface area (Å²) in [6.45, 7) is 0. The summed E-state index contributed by atoms with van der Waals surface area (Å²) in [5, 5.41) is 1.07. The van der Waals surface area contributed by atoms with Crippen LogP contribution in [-0.4, -0.2) is 23.6 Å². The molecule has 11 heteroatoms. The molecule has 0 N–H and O–H groups in total.